The Kier molecular flexibility index (Phi) is 4.70. The molecule has 0 saturated heterocycles. The third-order valence-electron chi connectivity index (χ3n) is 3.26. The van der Waals surface area contributed by atoms with E-state index in [-0.39, 0.29) is 17.1 Å². The number of carbonyl (C=O) groups is 2. The van der Waals surface area contributed by atoms with Gasteiger partial charge < -0.3 is 10.4 Å². The van der Waals surface area contributed by atoms with Crippen molar-refractivity contribution in [3.63, 3.8) is 0 Å². The normalized spacial score (nSPS) is 18.6. The molecular formula is C15H19NO3S. The molecular weight excluding hydrogens is 274 g/mol. The molecule has 1 amide bonds. The molecule has 108 valence electrons. The van der Waals surface area contributed by atoms with Crippen LogP contribution in [0.15, 0.2) is 29.2 Å². The van der Waals surface area contributed by atoms with E-state index in [1.54, 1.807) is 0 Å². The summed E-state index contributed by atoms with van der Waals surface area (Å²) in [4.78, 5) is 24.5. The Bertz CT molecular complexity index is 491. The van der Waals surface area contributed by atoms with Gasteiger partial charge in [-0.05, 0) is 30.4 Å². The van der Waals surface area contributed by atoms with Crippen LogP contribution in [0, 0.1) is 5.92 Å². The summed E-state index contributed by atoms with van der Waals surface area (Å²) in [6.07, 6.45) is 1.12. The fourth-order valence-corrected chi connectivity index (χ4v) is 3.49. The summed E-state index contributed by atoms with van der Waals surface area (Å²) < 4.78 is 0. The number of carboxylic acid groups (broad SMARTS) is 1. The number of benzene rings is 1. The quantitative estimate of drug-likeness (QED) is 0.874. The smallest absolute Gasteiger partial charge is 0.326 e. The SMILES string of the molecule is CC(C)C[C@@H](NC(=O)C1Cc2ccccc2S1)C(=O)O. The first-order valence-electron chi connectivity index (χ1n) is 6.75. The van der Waals surface area contributed by atoms with Crippen LogP contribution in [0.4, 0.5) is 0 Å². The van der Waals surface area contributed by atoms with Gasteiger partial charge in [0.25, 0.3) is 0 Å². The van der Waals surface area contributed by atoms with Crippen LogP contribution in [0.3, 0.4) is 0 Å². The summed E-state index contributed by atoms with van der Waals surface area (Å²) in [5.74, 6) is -0.920. The lowest BCUT2D eigenvalue weighted by Crippen LogP contribution is -2.45. The van der Waals surface area contributed by atoms with Gasteiger partial charge in [-0.2, -0.15) is 0 Å². The zero-order valence-electron chi connectivity index (χ0n) is 11.6. The van der Waals surface area contributed by atoms with Gasteiger partial charge in [0.05, 0.1) is 5.25 Å². The van der Waals surface area contributed by atoms with Crippen LogP contribution >= 0.6 is 11.8 Å². The highest BCUT2D eigenvalue weighted by atomic mass is 32.2. The minimum atomic E-state index is -0.965. The van der Waals surface area contributed by atoms with Gasteiger partial charge >= 0.3 is 5.97 Å². The Morgan fingerprint density at radius 1 is 1.40 bits per heavy atom. The molecule has 0 aromatic heterocycles. The van der Waals surface area contributed by atoms with E-state index in [9.17, 15) is 9.59 Å². The molecule has 0 fully saturated rings. The van der Waals surface area contributed by atoms with E-state index in [0.717, 1.165) is 10.5 Å². The predicted octanol–water partition coefficient (Wildman–Crippen LogP) is 2.32. The molecule has 4 nitrogen and oxygen atoms in total. The topological polar surface area (TPSA) is 66.4 Å². The van der Waals surface area contributed by atoms with Crippen molar-refractivity contribution in [1.82, 2.24) is 5.32 Å². The van der Waals surface area contributed by atoms with Crippen LogP contribution < -0.4 is 5.32 Å². The average molecular weight is 293 g/mol. The van der Waals surface area contributed by atoms with E-state index in [2.05, 4.69) is 5.32 Å². The lowest BCUT2D eigenvalue weighted by atomic mass is 10.0. The minimum absolute atomic E-state index is 0.181. The van der Waals surface area contributed by atoms with Crippen molar-refractivity contribution in [2.45, 2.75) is 42.9 Å². The number of nitrogens with one attached hydrogen (secondary N) is 1. The van der Waals surface area contributed by atoms with Crippen molar-refractivity contribution in [2.24, 2.45) is 5.92 Å². The number of fused-ring (bicyclic) bond motifs is 1. The van der Waals surface area contributed by atoms with Crippen LogP contribution in [-0.4, -0.2) is 28.3 Å². The number of aliphatic carboxylic acids is 1. The molecule has 0 radical (unpaired) electrons. The van der Waals surface area contributed by atoms with Gasteiger partial charge in [0.1, 0.15) is 6.04 Å². The number of hydrogen-bond donors (Lipinski definition) is 2. The molecule has 0 bridgehead atoms. The first kappa shape index (κ1) is 14.9. The Hall–Kier alpha value is -1.49. The lowest BCUT2D eigenvalue weighted by Gasteiger charge is -2.18. The highest BCUT2D eigenvalue weighted by Gasteiger charge is 2.31. The van der Waals surface area contributed by atoms with Gasteiger partial charge in [-0.1, -0.05) is 32.0 Å². The van der Waals surface area contributed by atoms with Crippen molar-refractivity contribution < 1.29 is 14.7 Å². The Morgan fingerprint density at radius 3 is 2.70 bits per heavy atom. The number of hydrogen-bond acceptors (Lipinski definition) is 3. The third kappa shape index (κ3) is 3.54. The Labute approximate surface area is 123 Å². The second-order valence-corrected chi connectivity index (χ2v) is 6.69. The molecule has 2 atom stereocenters. The molecule has 2 N–H and O–H groups in total. The van der Waals surface area contributed by atoms with Crippen molar-refractivity contribution in [3.05, 3.63) is 29.8 Å². The summed E-state index contributed by atoms with van der Waals surface area (Å²) in [5, 5.41) is 11.6. The summed E-state index contributed by atoms with van der Waals surface area (Å²) in [7, 11) is 0. The van der Waals surface area contributed by atoms with E-state index in [1.165, 1.54) is 11.8 Å². The van der Waals surface area contributed by atoms with Gasteiger partial charge in [-0.15, -0.1) is 11.8 Å². The Morgan fingerprint density at radius 2 is 2.10 bits per heavy atom. The van der Waals surface area contributed by atoms with Gasteiger partial charge in [-0.3, -0.25) is 4.79 Å². The second kappa shape index (κ2) is 6.31. The molecule has 20 heavy (non-hydrogen) atoms. The highest BCUT2D eigenvalue weighted by molar-refractivity contribution is 8.01. The summed E-state index contributed by atoms with van der Waals surface area (Å²) in [6, 6.07) is 7.12. The minimum Gasteiger partial charge on any atom is -0.480 e. The van der Waals surface area contributed by atoms with E-state index in [0.29, 0.717) is 12.8 Å². The van der Waals surface area contributed by atoms with Gasteiger partial charge in [-0.25, -0.2) is 4.79 Å². The van der Waals surface area contributed by atoms with Crippen LogP contribution in [0.2, 0.25) is 0 Å². The van der Waals surface area contributed by atoms with Crippen molar-refractivity contribution in [3.8, 4) is 0 Å². The van der Waals surface area contributed by atoms with E-state index >= 15 is 0 Å². The van der Waals surface area contributed by atoms with Crippen LogP contribution in [-0.2, 0) is 16.0 Å². The maximum absolute atomic E-state index is 12.2. The summed E-state index contributed by atoms with van der Waals surface area (Å²) >= 11 is 1.51. The summed E-state index contributed by atoms with van der Waals surface area (Å²) in [5.41, 5.74) is 1.16. The number of rotatable bonds is 5. The maximum Gasteiger partial charge on any atom is 0.326 e. The van der Waals surface area contributed by atoms with Gasteiger partial charge in [0.2, 0.25) is 5.91 Å². The Balaban J connectivity index is 1.97. The number of carbonyl (C=O) groups excluding carboxylic acids is 1. The lowest BCUT2D eigenvalue weighted by molar-refractivity contribution is -0.142. The maximum atomic E-state index is 12.2. The van der Waals surface area contributed by atoms with E-state index < -0.39 is 12.0 Å². The van der Waals surface area contributed by atoms with Crippen molar-refractivity contribution >= 4 is 23.6 Å². The molecule has 5 heteroatoms. The molecule has 1 aliphatic rings. The molecule has 1 aromatic carbocycles. The van der Waals surface area contributed by atoms with Crippen molar-refractivity contribution in [2.75, 3.05) is 0 Å². The van der Waals surface area contributed by atoms with Gasteiger partial charge in [0, 0.05) is 4.90 Å². The number of amides is 1. The molecule has 2 rings (SSSR count). The fourth-order valence-electron chi connectivity index (χ4n) is 2.29. The third-order valence-corrected chi connectivity index (χ3v) is 4.58. The number of carboxylic acids is 1. The van der Waals surface area contributed by atoms with Crippen LogP contribution in [0.1, 0.15) is 25.8 Å². The largest absolute Gasteiger partial charge is 0.480 e. The molecule has 1 unspecified atom stereocenters. The van der Waals surface area contributed by atoms with E-state index in [1.807, 2.05) is 38.1 Å². The molecule has 1 aliphatic heterocycles. The highest BCUT2D eigenvalue weighted by Crippen LogP contribution is 2.36. The zero-order valence-corrected chi connectivity index (χ0v) is 12.4. The van der Waals surface area contributed by atoms with Crippen molar-refractivity contribution in [1.29, 1.82) is 0 Å². The second-order valence-electron chi connectivity index (χ2n) is 5.45. The molecule has 0 spiro atoms. The number of thioether (sulfide) groups is 1. The predicted molar refractivity (Wildman–Crippen MR) is 78.8 cm³/mol. The first-order chi connectivity index (χ1) is 9.47. The van der Waals surface area contributed by atoms with Crippen LogP contribution in [0.5, 0.6) is 0 Å². The monoisotopic (exact) mass is 293 g/mol. The van der Waals surface area contributed by atoms with Gasteiger partial charge in [0.15, 0.2) is 0 Å². The average Bonchev–Trinajstić information content (AvgIpc) is 2.81. The van der Waals surface area contributed by atoms with Crippen LogP contribution in [0.25, 0.3) is 0 Å². The molecule has 0 saturated carbocycles. The molecule has 0 aliphatic carbocycles. The standard InChI is InChI=1S/C15H19NO3S/c1-9(2)7-11(15(18)19)16-14(17)13-8-10-5-3-4-6-12(10)20-13/h3-6,9,11,13H,7-8H2,1-2H3,(H,16,17)(H,18,19)/t11-,13?/m1/s1. The molecule has 1 heterocycles. The summed E-state index contributed by atoms with van der Waals surface area (Å²) in [6.45, 7) is 3.89. The zero-order chi connectivity index (χ0) is 14.7. The fraction of sp³-hybridized carbons (Fsp3) is 0.467. The van der Waals surface area contributed by atoms with E-state index in [4.69, 9.17) is 5.11 Å². The molecule has 1 aromatic rings. The first-order valence-corrected chi connectivity index (χ1v) is 7.63.